The highest BCUT2D eigenvalue weighted by atomic mass is 16.5. The van der Waals surface area contributed by atoms with E-state index in [1.807, 2.05) is 12.1 Å². The lowest BCUT2D eigenvalue weighted by molar-refractivity contribution is 0.0797. The van der Waals surface area contributed by atoms with Crippen LogP contribution in [0.25, 0.3) is 0 Å². The fraction of sp³-hybridized carbons (Fsp3) is 0.188. The van der Waals surface area contributed by atoms with E-state index in [1.54, 1.807) is 49.6 Å². The number of carbonyl (C=O) groups excluding carboxylic acids is 1. The molecule has 5 nitrogen and oxygen atoms in total. The van der Waals surface area contributed by atoms with Crippen LogP contribution in [0.15, 0.2) is 48.7 Å². The molecule has 106 valence electrons. The number of aromatic nitrogens is 1. The average molecular weight is 281 g/mol. The van der Waals surface area contributed by atoms with Gasteiger partial charge in [0, 0.05) is 31.4 Å². The molecule has 0 N–H and O–H groups in total. The van der Waals surface area contributed by atoms with Gasteiger partial charge in [-0.05, 0) is 24.3 Å². The first kappa shape index (κ1) is 14.5. The molecule has 0 saturated heterocycles. The molecule has 0 unspecified atom stereocenters. The van der Waals surface area contributed by atoms with E-state index in [0.29, 0.717) is 30.2 Å². The van der Waals surface area contributed by atoms with Crippen LogP contribution in [-0.4, -0.2) is 29.4 Å². The Kier molecular flexibility index (Phi) is 4.89. The third-order valence-corrected chi connectivity index (χ3v) is 2.85. The number of ether oxygens (including phenoxy) is 1. The molecule has 0 atom stereocenters. The molecule has 1 aromatic carbocycles. The van der Waals surface area contributed by atoms with Crippen molar-refractivity contribution in [2.75, 3.05) is 13.6 Å². The van der Waals surface area contributed by atoms with Gasteiger partial charge in [-0.25, -0.2) is 4.98 Å². The summed E-state index contributed by atoms with van der Waals surface area (Å²) in [6, 6.07) is 14.3. The number of benzene rings is 1. The number of carbonyl (C=O) groups is 1. The van der Waals surface area contributed by atoms with Gasteiger partial charge < -0.3 is 9.64 Å². The topological polar surface area (TPSA) is 66.2 Å². The molecule has 5 heteroatoms. The molecule has 0 aliphatic heterocycles. The molecule has 2 rings (SSSR count). The fourth-order valence-corrected chi connectivity index (χ4v) is 1.76. The third kappa shape index (κ3) is 4.05. The van der Waals surface area contributed by atoms with E-state index in [0.717, 1.165) is 0 Å². The van der Waals surface area contributed by atoms with Gasteiger partial charge in [-0.2, -0.15) is 5.26 Å². The highest BCUT2D eigenvalue weighted by Crippen LogP contribution is 2.20. The molecule has 0 saturated carbocycles. The van der Waals surface area contributed by atoms with E-state index >= 15 is 0 Å². The predicted octanol–water partition coefficient (Wildman–Crippen LogP) is 2.86. The second-order valence-corrected chi connectivity index (χ2v) is 4.43. The highest BCUT2D eigenvalue weighted by molar-refractivity contribution is 5.94. The largest absolute Gasteiger partial charge is 0.439 e. The monoisotopic (exact) mass is 281 g/mol. The maximum absolute atomic E-state index is 12.2. The van der Waals surface area contributed by atoms with Crippen LogP contribution in [0.1, 0.15) is 16.8 Å². The van der Waals surface area contributed by atoms with E-state index in [2.05, 4.69) is 4.98 Å². The Bertz CT molecular complexity index is 650. The first-order chi connectivity index (χ1) is 10.2. The number of hydrogen-bond donors (Lipinski definition) is 0. The summed E-state index contributed by atoms with van der Waals surface area (Å²) in [5.41, 5.74) is 0.517. The SMILES string of the molecule is CN(CCC#N)C(=O)c1cccc(Oc2ccccn2)c1. The Morgan fingerprint density at radius 3 is 2.90 bits per heavy atom. The van der Waals surface area contributed by atoms with E-state index in [9.17, 15) is 4.79 Å². The number of amides is 1. The van der Waals surface area contributed by atoms with Crippen molar-refractivity contribution in [2.45, 2.75) is 6.42 Å². The summed E-state index contributed by atoms with van der Waals surface area (Å²) < 4.78 is 5.60. The number of nitrogens with zero attached hydrogens (tertiary/aromatic N) is 3. The Morgan fingerprint density at radius 1 is 1.33 bits per heavy atom. The number of nitriles is 1. The zero-order chi connectivity index (χ0) is 15.1. The van der Waals surface area contributed by atoms with E-state index < -0.39 is 0 Å². The van der Waals surface area contributed by atoms with Gasteiger partial charge in [0.05, 0.1) is 12.5 Å². The van der Waals surface area contributed by atoms with Crippen LogP contribution in [0.4, 0.5) is 0 Å². The van der Waals surface area contributed by atoms with Crippen molar-refractivity contribution in [3.63, 3.8) is 0 Å². The normalized spacial score (nSPS) is 9.71. The standard InChI is InChI=1S/C16H15N3O2/c1-19(11-5-9-17)16(20)13-6-4-7-14(12-13)21-15-8-2-3-10-18-15/h2-4,6-8,10,12H,5,11H2,1H3. The molecule has 0 fully saturated rings. The molecule has 1 aromatic heterocycles. The van der Waals surface area contributed by atoms with Gasteiger partial charge in [0.1, 0.15) is 5.75 Å². The third-order valence-electron chi connectivity index (χ3n) is 2.85. The first-order valence-electron chi connectivity index (χ1n) is 6.52. The molecule has 1 heterocycles. The van der Waals surface area contributed by atoms with Gasteiger partial charge in [-0.1, -0.05) is 12.1 Å². The van der Waals surface area contributed by atoms with Gasteiger partial charge >= 0.3 is 0 Å². The second kappa shape index (κ2) is 7.06. The maximum Gasteiger partial charge on any atom is 0.253 e. The summed E-state index contributed by atoms with van der Waals surface area (Å²) in [5.74, 6) is 0.880. The Labute approximate surface area is 123 Å². The van der Waals surface area contributed by atoms with Crippen molar-refractivity contribution < 1.29 is 9.53 Å². The van der Waals surface area contributed by atoms with Gasteiger partial charge in [0.25, 0.3) is 5.91 Å². The molecule has 0 bridgehead atoms. The van der Waals surface area contributed by atoms with Crippen LogP contribution >= 0.6 is 0 Å². The zero-order valence-corrected chi connectivity index (χ0v) is 11.7. The van der Waals surface area contributed by atoms with Crippen molar-refractivity contribution in [3.8, 4) is 17.7 Å². The minimum atomic E-state index is -0.142. The van der Waals surface area contributed by atoms with Crippen molar-refractivity contribution in [1.82, 2.24) is 9.88 Å². The van der Waals surface area contributed by atoms with Gasteiger partial charge in [0.2, 0.25) is 5.88 Å². The lowest BCUT2D eigenvalue weighted by atomic mass is 10.2. The summed E-state index contributed by atoms with van der Waals surface area (Å²) in [5, 5.41) is 8.56. The van der Waals surface area contributed by atoms with E-state index in [1.165, 1.54) is 4.90 Å². The summed E-state index contributed by atoms with van der Waals surface area (Å²) >= 11 is 0. The number of hydrogen-bond acceptors (Lipinski definition) is 4. The van der Waals surface area contributed by atoms with Gasteiger partial charge in [-0.15, -0.1) is 0 Å². The van der Waals surface area contributed by atoms with Gasteiger partial charge in [0.15, 0.2) is 0 Å². The van der Waals surface area contributed by atoms with Crippen molar-refractivity contribution in [1.29, 1.82) is 5.26 Å². The smallest absolute Gasteiger partial charge is 0.253 e. The molecule has 2 aromatic rings. The Morgan fingerprint density at radius 2 is 2.19 bits per heavy atom. The lowest BCUT2D eigenvalue weighted by Gasteiger charge is -2.15. The quantitative estimate of drug-likeness (QED) is 0.845. The molecule has 21 heavy (non-hydrogen) atoms. The van der Waals surface area contributed by atoms with E-state index in [-0.39, 0.29) is 5.91 Å². The maximum atomic E-state index is 12.2. The van der Waals surface area contributed by atoms with Crippen molar-refractivity contribution in [2.24, 2.45) is 0 Å². The molecule has 0 radical (unpaired) electrons. The summed E-state index contributed by atoms with van der Waals surface area (Å²) in [6.07, 6.45) is 1.95. The number of rotatable bonds is 5. The minimum absolute atomic E-state index is 0.142. The van der Waals surface area contributed by atoms with Gasteiger partial charge in [-0.3, -0.25) is 4.79 Å². The van der Waals surface area contributed by atoms with Crippen LogP contribution in [0, 0.1) is 11.3 Å². The Hall–Kier alpha value is -2.87. The summed E-state index contributed by atoms with van der Waals surface area (Å²) in [6.45, 7) is 0.403. The average Bonchev–Trinajstić information content (AvgIpc) is 2.53. The van der Waals surface area contributed by atoms with Crippen molar-refractivity contribution in [3.05, 3.63) is 54.2 Å². The molecule has 1 amide bonds. The zero-order valence-electron chi connectivity index (χ0n) is 11.7. The van der Waals surface area contributed by atoms with Crippen LogP contribution in [0.5, 0.6) is 11.6 Å². The molecular formula is C16H15N3O2. The van der Waals surface area contributed by atoms with E-state index in [4.69, 9.17) is 10.00 Å². The van der Waals surface area contributed by atoms with Crippen LogP contribution in [0.2, 0.25) is 0 Å². The predicted molar refractivity (Wildman–Crippen MR) is 77.9 cm³/mol. The first-order valence-corrected chi connectivity index (χ1v) is 6.52. The summed E-state index contributed by atoms with van der Waals surface area (Å²) in [7, 11) is 1.67. The van der Waals surface area contributed by atoms with Crippen molar-refractivity contribution >= 4 is 5.91 Å². The minimum Gasteiger partial charge on any atom is -0.439 e. The van der Waals surface area contributed by atoms with Crippen LogP contribution < -0.4 is 4.74 Å². The molecule has 0 aliphatic rings. The number of pyridine rings is 1. The Balaban J connectivity index is 2.10. The lowest BCUT2D eigenvalue weighted by Crippen LogP contribution is -2.27. The molecular weight excluding hydrogens is 266 g/mol. The van der Waals surface area contributed by atoms with Crippen LogP contribution in [0.3, 0.4) is 0 Å². The molecule has 0 aliphatic carbocycles. The second-order valence-electron chi connectivity index (χ2n) is 4.43. The summed E-state index contributed by atoms with van der Waals surface area (Å²) in [4.78, 5) is 17.8. The molecule has 0 spiro atoms. The highest BCUT2D eigenvalue weighted by Gasteiger charge is 2.12. The fourth-order valence-electron chi connectivity index (χ4n) is 1.76. The van der Waals surface area contributed by atoms with Crippen LogP contribution in [-0.2, 0) is 0 Å².